The molecule has 0 radical (unpaired) electrons. The van der Waals surface area contributed by atoms with Gasteiger partial charge in [0.05, 0.1) is 13.2 Å². The molecule has 0 aliphatic rings. The van der Waals surface area contributed by atoms with E-state index in [0.29, 0.717) is 5.56 Å². The van der Waals surface area contributed by atoms with E-state index < -0.39 is 31.1 Å². The minimum atomic E-state index is -3.38. The van der Waals surface area contributed by atoms with E-state index in [0.717, 1.165) is 18.4 Å². The van der Waals surface area contributed by atoms with Crippen molar-refractivity contribution in [1.82, 2.24) is 0 Å². The van der Waals surface area contributed by atoms with Crippen LogP contribution < -0.4 is 5.73 Å². The highest BCUT2D eigenvalue weighted by Crippen LogP contribution is 2.30. The first-order valence-electron chi connectivity index (χ1n) is 8.85. The summed E-state index contributed by atoms with van der Waals surface area (Å²) in [4.78, 5) is 0. The van der Waals surface area contributed by atoms with Gasteiger partial charge in [0.25, 0.3) is 5.92 Å². The van der Waals surface area contributed by atoms with Gasteiger partial charge in [-0.1, -0.05) is 63.3 Å². The molecule has 138 valence electrons. The third-order valence-corrected chi connectivity index (χ3v) is 4.56. The van der Waals surface area contributed by atoms with Crippen molar-refractivity contribution in [2.45, 2.75) is 69.8 Å². The van der Waals surface area contributed by atoms with Crippen molar-refractivity contribution in [3.05, 3.63) is 35.4 Å². The number of hydrogen-bond acceptors (Lipinski definition) is 3. The summed E-state index contributed by atoms with van der Waals surface area (Å²) in [7, 11) is 0. The first kappa shape index (κ1) is 21.0. The zero-order valence-electron chi connectivity index (χ0n) is 14.6. The summed E-state index contributed by atoms with van der Waals surface area (Å²) in [5.41, 5.74) is 4.70. The van der Waals surface area contributed by atoms with Gasteiger partial charge in [-0.3, -0.25) is 0 Å². The van der Waals surface area contributed by atoms with Gasteiger partial charge >= 0.3 is 0 Å². The fourth-order valence-electron chi connectivity index (χ4n) is 2.65. The van der Waals surface area contributed by atoms with Crippen LogP contribution in [-0.4, -0.2) is 34.9 Å². The molecule has 0 aliphatic heterocycles. The third kappa shape index (κ3) is 6.11. The average molecular weight is 343 g/mol. The van der Waals surface area contributed by atoms with E-state index in [9.17, 15) is 8.78 Å². The average Bonchev–Trinajstić information content (AvgIpc) is 2.58. The SMILES string of the molecule is CCCCCCCCc1ccc(CC(F)(F)C(N)(CO)CO)cc1. The molecule has 0 aliphatic carbocycles. The zero-order valence-corrected chi connectivity index (χ0v) is 14.6. The molecule has 0 fully saturated rings. The second-order valence-electron chi connectivity index (χ2n) is 6.69. The molecule has 0 unspecified atom stereocenters. The zero-order chi connectivity index (χ0) is 18.1. The van der Waals surface area contributed by atoms with Gasteiger partial charge in [-0.15, -0.1) is 0 Å². The van der Waals surface area contributed by atoms with E-state index in [1.807, 2.05) is 12.1 Å². The molecule has 0 saturated heterocycles. The maximum absolute atomic E-state index is 14.2. The van der Waals surface area contributed by atoms with Gasteiger partial charge in [0, 0.05) is 6.42 Å². The molecule has 0 spiro atoms. The van der Waals surface area contributed by atoms with Gasteiger partial charge in [-0.2, -0.15) is 0 Å². The van der Waals surface area contributed by atoms with Crippen molar-refractivity contribution in [2.24, 2.45) is 5.73 Å². The smallest absolute Gasteiger partial charge is 0.274 e. The minimum absolute atomic E-state index is 0.448. The standard InChI is InChI=1S/C19H31F2NO2/c1-2-3-4-5-6-7-8-16-9-11-17(12-10-16)13-19(20,21)18(22,14-23)15-24/h9-12,23-24H,2-8,13-15,22H2,1H3. The number of alkyl halides is 2. The van der Waals surface area contributed by atoms with Crippen LogP contribution in [0.15, 0.2) is 24.3 Å². The van der Waals surface area contributed by atoms with Crippen molar-refractivity contribution in [3.8, 4) is 0 Å². The first-order chi connectivity index (χ1) is 11.4. The van der Waals surface area contributed by atoms with Crippen LogP contribution in [0.2, 0.25) is 0 Å². The molecule has 0 bridgehead atoms. The van der Waals surface area contributed by atoms with E-state index in [1.54, 1.807) is 12.1 Å². The topological polar surface area (TPSA) is 66.5 Å². The number of rotatable bonds is 12. The number of benzene rings is 1. The van der Waals surface area contributed by atoms with E-state index in [1.165, 1.54) is 32.1 Å². The molecular weight excluding hydrogens is 312 g/mol. The molecule has 4 N–H and O–H groups in total. The largest absolute Gasteiger partial charge is 0.394 e. The van der Waals surface area contributed by atoms with Gasteiger partial charge in [0.15, 0.2) is 0 Å². The Morgan fingerprint density at radius 1 is 0.875 bits per heavy atom. The predicted molar refractivity (Wildman–Crippen MR) is 93.3 cm³/mol. The number of unbranched alkanes of at least 4 members (excludes halogenated alkanes) is 5. The Hall–Kier alpha value is -1.04. The van der Waals surface area contributed by atoms with Crippen LogP contribution in [0.1, 0.15) is 56.6 Å². The third-order valence-electron chi connectivity index (χ3n) is 4.56. The fourth-order valence-corrected chi connectivity index (χ4v) is 2.65. The van der Waals surface area contributed by atoms with Crippen LogP contribution in [0.3, 0.4) is 0 Å². The van der Waals surface area contributed by atoms with Gasteiger partial charge in [-0.05, 0) is 24.0 Å². The Balaban J connectivity index is 2.50. The van der Waals surface area contributed by atoms with E-state index in [2.05, 4.69) is 6.92 Å². The number of aryl methyl sites for hydroxylation is 1. The van der Waals surface area contributed by atoms with Crippen LogP contribution >= 0.6 is 0 Å². The number of nitrogens with two attached hydrogens (primary N) is 1. The van der Waals surface area contributed by atoms with Gasteiger partial charge in [0.1, 0.15) is 5.54 Å². The van der Waals surface area contributed by atoms with Crippen molar-refractivity contribution < 1.29 is 19.0 Å². The summed E-state index contributed by atoms with van der Waals surface area (Å²) in [5.74, 6) is -3.38. The summed E-state index contributed by atoms with van der Waals surface area (Å²) >= 11 is 0. The Labute approximate surface area is 143 Å². The van der Waals surface area contributed by atoms with Crippen LogP contribution in [0.5, 0.6) is 0 Å². The highest BCUT2D eigenvalue weighted by atomic mass is 19.3. The molecule has 1 rings (SSSR count). The lowest BCUT2D eigenvalue weighted by Gasteiger charge is -2.34. The maximum atomic E-state index is 14.2. The van der Waals surface area contributed by atoms with Gasteiger partial charge < -0.3 is 15.9 Å². The monoisotopic (exact) mass is 343 g/mol. The van der Waals surface area contributed by atoms with Crippen molar-refractivity contribution in [3.63, 3.8) is 0 Å². The predicted octanol–water partition coefficient (Wildman–Crippen LogP) is 3.45. The molecular formula is C19H31F2NO2. The van der Waals surface area contributed by atoms with Crippen LogP contribution in [0, 0.1) is 0 Å². The molecule has 1 aromatic rings. The molecule has 0 atom stereocenters. The Bertz CT molecular complexity index is 459. The summed E-state index contributed by atoms with van der Waals surface area (Å²) in [5, 5.41) is 18.1. The normalized spacial score (nSPS) is 12.6. The Morgan fingerprint density at radius 3 is 1.92 bits per heavy atom. The molecule has 1 aromatic carbocycles. The van der Waals surface area contributed by atoms with E-state index in [-0.39, 0.29) is 0 Å². The number of halogens is 2. The van der Waals surface area contributed by atoms with Gasteiger partial charge in [-0.25, -0.2) is 8.78 Å². The van der Waals surface area contributed by atoms with E-state index >= 15 is 0 Å². The molecule has 0 aromatic heterocycles. The lowest BCUT2D eigenvalue weighted by Crippen LogP contribution is -2.62. The summed E-state index contributed by atoms with van der Waals surface area (Å²) in [6.45, 7) is 0.264. The quantitative estimate of drug-likeness (QED) is 0.509. The lowest BCUT2D eigenvalue weighted by atomic mass is 9.89. The maximum Gasteiger partial charge on any atom is 0.274 e. The highest BCUT2D eigenvalue weighted by molar-refractivity contribution is 5.24. The Kier molecular flexibility index (Phi) is 8.81. The summed E-state index contributed by atoms with van der Waals surface area (Å²) in [6.07, 6.45) is 7.72. The van der Waals surface area contributed by atoms with Crippen LogP contribution in [0.25, 0.3) is 0 Å². The second-order valence-corrected chi connectivity index (χ2v) is 6.69. The minimum Gasteiger partial charge on any atom is -0.394 e. The highest BCUT2D eigenvalue weighted by Gasteiger charge is 2.50. The first-order valence-corrected chi connectivity index (χ1v) is 8.85. The van der Waals surface area contributed by atoms with Gasteiger partial charge in [0.2, 0.25) is 0 Å². The van der Waals surface area contributed by atoms with Crippen molar-refractivity contribution in [2.75, 3.05) is 13.2 Å². The van der Waals surface area contributed by atoms with E-state index in [4.69, 9.17) is 15.9 Å². The number of aliphatic hydroxyl groups excluding tert-OH is 2. The van der Waals surface area contributed by atoms with Crippen LogP contribution in [0.4, 0.5) is 8.78 Å². The molecule has 0 amide bonds. The Morgan fingerprint density at radius 2 is 1.38 bits per heavy atom. The second kappa shape index (κ2) is 10.1. The number of aliphatic hydroxyl groups is 2. The number of hydrogen-bond donors (Lipinski definition) is 3. The lowest BCUT2D eigenvalue weighted by molar-refractivity contribution is -0.110. The fraction of sp³-hybridized carbons (Fsp3) is 0.684. The van der Waals surface area contributed by atoms with Crippen molar-refractivity contribution in [1.29, 1.82) is 0 Å². The molecule has 5 heteroatoms. The van der Waals surface area contributed by atoms with Crippen molar-refractivity contribution >= 4 is 0 Å². The summed E-state index contributed by atoms with van der Waals surface area (Å²) < 4.78 is 28.3. The molecule has 0 saturated carbocycles. The molecule has 0 heterocycles. The van der Waals surface area contributed by atoms with Crippen LogP contribution in [-0.2, 0) is 12.8 Å². The molecule has 3 nitrogen and oxygen atoms in total. The molecule has 24 heavy (non-hydrogen) atoms. The summed E-state index contributed by atoms with van der Waals surface area (Å²) in [6, 6.07) is 7.09.